The van der Waals surface area contributed by atoms with Gasteiger partial charge in [-0.3, -0.25) is 0 Å². The van der Waals surface area contributed by atoms with Crippen LogP contribution >= 0.6 is 0 Å². The minimum absolute atomic E-state index is 0.00695. The second kappa shape index (κ2) is 9.57. The van der Waals surface area contributed by atoms with Gasteiger partial charge in [0, 0.05) is 7.11 Å². The molecule has 1 heterocycles. The van der Waals surface area contributed by atoms with Crippen molar-refractivity contribution in [3.05, 3.63) is 24.3 Å². The molecular weight excluding hydrogens is 274 g/mol. The van der Waals surface area contributed by atoms with Crippen molar-refractivity contribution in [3.63, 3.8) is 0 Å². The molecule has 0 saturated carbocycles. The van der Waals surface area contributed by atoms with Gasteiger partial charge in [0.15, 0.2) is 6.23 Å². The fraction of sp³-hybridized carbons (Fsp3) is 0.667. The molecule has 4 heteroatoms. The molecule has 0 amide bonds. The van der Waals surface area contributed by atoms with Crippen molar-refractivity contribution in [1.29, 1.82) is 0 Å². The lowest BCUT2D eigenvalue weighted by molar-refractivity contribution is 0.0269. The van der Waals surface area contributed by atoms with Crippen LogP contribution < -0.4 is 0 Å². The highest BCUT2D eigenvalue weighted by atomic mass is 16.5. The standard InChI is InChI=1S/C18H29N3O/c1-3-4-5-6-7-8-9-10-15-18(22-2)21-17-14-12-11-13-16(17)19-20-21/h11-14,18H,3-10,15H2,1-2H3. The van der Waals surface area contributed by atoms with Gasteiger partial charge in [-0.05, 0) is 25.0 Å². The lowest BCUT2D eigenvalue weighted by Gasteiger charge is -2.15. The van der Waals surface area contributed by atoms with Crippen LogP contribution in [0, 0.1) is 0 Å². The zero-order valence-electron chi connectivity index (χ0n) is 14.0. The molecule has 122 valence electrons. The van der Waals surface area contributed by atoms with Crippen LogP contribution in [0.15, 0.2) is 24.3 Å². The second-order valence-corrected chi connectivity index (χ2v) is 5.98. The van der Waals surface area contributed by atoms with Crippen LogP contribution in [0.2, 0.25) is 0 Å². The van der Waals surface area contributed by atoms with Gasteiger partial charge in [0.25, 0.3) is 0 Å². The fourth-order valence-corrected chi connectivity index (χ4v) is 2.89. The monoisotopic (exact) mass is 303 g/mol. The van der Waals surface area contributed by atoms with Gasteiger partial charge in [0.05, 0.1) is 5.52 Å². The molecule has 2 rings (SSSR count). The number of benzene rings is 1. The van der Waals surface area contributed by atoms with E-state index in [1.54, 1.807) is 7.11 Å². The van der Waals surface area contributed by atoms with Gasteiger partial charge in [-0.2, -0.15) is 0 Å². The molecule has 0 N–H and O–H groups in total. The Labute approximate surface area is 133 Å². The zero-order chi connectivity index (χ0) is 15.6. The molecule has 2 aromatic rings. The van der Waals surface area contributed by atoms with Crippen LogP contribution in [0.25, 0.3) is 11.0 Å². The van der Waals surface area contributed by atoms with Crippen LogP contribution in [0.1, 0.15) is 70.9 Å². The summed E-state index contributed by atoms with van der Waals surface area (Å²) in [6.07, 6.45) is 11.6. The molecule has 1 aromatic carbocycles. The van der Waals surface area contributed by atoms with Crippen molar-refractivity contribution in [2.45, 2.75) is 70.9 Å². The average molecular weight is 303 g/mol. The Kier molecular flexibility index (Phi) is 7.37. The normalized spacial score (nSPS) is 12.8. The molecule has 0 aliphatic carbocycles. The van der Waals surface area contributed by atoms with Gasteiger partial charge in [-0.15, -0.1) is 5.10 Å². The number of fused-ring (bicyclic) bond motifs is 1. The minimum atomic E-state index is -0.00695. The molecule has 0 radical (unpaired) electrons. The number of unbranched alkanes of at least 4 members (excludes halogenated alkanes) is 7. The summed E-state index contributed by atoms with van der Waals surface area (Å²) >= 11 is 0. The highest BCUT2D eigenvalue weighted by Crippen LogP contribution is 2.21. The predicted octanol–water partition coefficient (Wildman–Crippen LogP) is 5.11. The molecule has 0 aliphatic rings. The van der Waals surface area contributed by atoms with Crippen molar-refractivity contribution in [1.82, 2.24) is 15.0 Å². The van der Waals surface area contributed by atoms with E-state index in [0.717, 1.165) is 17.5 Å². The molecule has 0 saturated heterocycles. The number of nitrogens with zero attached hydrogens (tertiary/aromatic N) is 3. The Morgan fingerprint density at radius 1 is 1.00 bits per heavy atom. The van der Waals surface area contributed by atoms with Gasteiger partial charge < -0.3 is 4.74 Å². The smallest absolute Gasteiger partial charge is 0.152 e. The third kappa shape index (κ3) is 4.80. The third-order valence-electron chi connectivity index (χ3n) is 4.23. The van der Waals surface area contributed by atoms with Crippen LogP contribution in [0.5, 0.6) is 0 Å². The molecule has 0 aliphatic heterocycles. The Hall–Kier alpha value is -1.42. The maximum Gasteiger partial charge on any atom is 0.152 e. The number of para-hydroxylation sites is 1. The number of aromatic nitrogens is 3. The molecule has 1 atom stereocenters. The van der Waals surface area contributed by atoms with Gasteiger partial charge in [-0.1, -0.05) is 69.2 Å². The lowest BCUT2D eigenvalue weighted by Crippen LogP contribution is -2.12. The highest BCUT2D eigenvalue weighted by Gasteiger charge is 2.14. The van der Waals surface area contributed by atoms with Crippen LogP contribution in [0.4, 0.5) is 0 Å². The summed E-state index contributed by atoms with van der Waals surface area (Å²) in [5.74, 6) is 0. The third-order valence-corrected chi connectivity index (χ3v) is 4.23. The summed E-state index contributed by atoms with van der Waals surface area (Å²) in [4.78, 5) is 0. The molecule has 0 spiro atoms. The fourth-order valence-electron chi connectivity index (χ4n) is 2.89. The van der Waals surface area contributed by atoms with Gasteiger partial charge in [-0.25, -0.2) is 4.68 Å². The second-order valence-electron chi connectivity index (χ2n) is 5.98. The molecular formula is C18H29N3O. The summed E-state index contributed by atoms with van der Waals surface area (Å²) in [5.41, 5.74) is 1.98. The van der Waals surface area contributed by atoms with E-state index < -0.39 is 0 Å². The highest BCUT2D eigenvalue weighted by molar-refractivity contribution is 5.73. The van der Waals surface area contributed by atoms with Crippen molar-refractivity contribution in [3.8, 4) is 0 Å². The number of rotatable bonds is 11. The summed E-state index contributed by atoms with van der Waals surface area (Å²) in [5, 5.41) is 8.46. The minimum Gasteiger partial charge on any atom is -0.360 e. The predicted molar refractivity (Wildman–Crippen MR) is 90.8 cm³/mol. The van der Waals surface area contributed by atoms with Crippen molar-refractivity contribution in [2.24, 2.45) is 0 Å². The summed E-state index contributed by atoms with van der Waals surface area (Å²) in [7, 11) is 1.76. The van der Waals surface area contributed by atoms with E-state index in [4.69, 9.17) is 4.74 Å². The Balaban J connectivity index is 1.73. The maximum atomic E-state index is 5.62. The van der Waals surface area contributed by atoms with Crippen molar-refractivity contribution < 1.29 is 4.74 Å². The van der Waals surface area contributed by atoms with Crippen LogP contribution in [0.3, 0.4) is 0 Å². The molecule has 1 aromatic heterocycles. The zero-order valence-corrected chi connectivity index (χ0v) is 14.0. The Bertz CT molecular complexity index is 538. The van der Waals surface area contributed by atoms with E-state index in [-0.39, 0.29) is 6.23 Å². The molecule has 1 unspecified atom stereocenters. The quantitative estimate of drug-likeness (QED) is 0.542. The van der Waals surface area contributed by atoms with Crippen molar-refractivity contribution in [2.75, 3.05) is 7.11 Å². The number of hydrogen-bond acceptors (Lipinski definition) is 3. The van der Waals surface area contributed by atoms with E-state index in [0.29, 0.717) is 0 Å². The SMILES string of the molecule is CCCCCCCCCCC(OC)n1nnc2ccccc21. The number of methoxy groups -OCH3 is 1. The summed E-state index contributed by atoms with van der Waals surface area (Å²) in [6.45, 7) is 2.26. The molecule has 22 heavy (non-hydrogen) atoms. The van der Waals surface area contributed by atoms with E-state index in [2.05, 4.69) is 23.3 Å². The van der Waals surface area contributed by atoms with E-state index in [1.165, 1.54) is 51.4 Å². The van der Waals surface area contributed by atoms with E-state index >= 15 is 0 Å². The molecule has 0 fully saturated rings. The van der Waals surface area contributed by atoms with Crippen LogP contribution in [-0.2, 0) is 4.74 Å². The first-order chi connectivity index (χ1) is 10.9. The molecule has 4 nitrogen and oxygen atoms in total. The van der Waals surface area contributed by atoms with Crippen molar-refractivity contribution >= 4 is 11.0 Å². The van der Waals surface area contributed by atoms with E-state index in [9.17, 15) is 0 Å². The largest absolute Gasteiger partial charge is 0.360 e. The number of hydrogen-bond donors (Lipinski definition) is 0. The van der Waals surface area contributed by atoms with E-state index in [1.807, 2.05) is 22.9 Å². The van der Waals surface area contributed by atoms with Gasteiger partial charge >= 0.3 is 0 Å². The number of ether oxygens (including phenoxy) is 1. The lowest BCUT2D eigenvalue weighted by atomic mass is 10.1. The van der Waals surface area contributed by atoms with Crippen LogP contribution in [-0.4, -0.2) is 22.1 Å². The van der Waals surface area contributed by atoms with Gasteiger partial charge in [0.1, 0.15) is 5.52 Å². The summed E-state index contributed by atoms with van der Waals surface area (Å²) in [6, 6.07) is 8.05. The Morgan fingerprint density at radius 2 is 1.68 bits per heavy atom. The maximum absolute atomic E-state index is 5.62. The topological polar surface area (TPSA) is 39.9 Å². The first-order valence-electron chi connectivity index (χ1n) is 8.69. The molecule has 0 bridgehead atoms. The first-order valence-corrected chi connectivity index (χ1v) is 8.69. The average Bonchev–Trinajstić information content (AvgIpc) is 2.98. The first kappa shape index (κ1) is 16.9. The summed E-state index contributed by atoms with van der Waals surface area (Å²) < 4.78 is 7.54. The van der Waals surface area contributed by atoms with Gasteiger partial charge in [0.2, 0.25) is 0 Å². The Morgan fingerprint density at radius 3 is 2.41 bits per heavy atom.